The van der Waals surface area contributed by atoms with E-state index in [0.29, 0.717) is 19.3 Å². The predicted molar refractivity (Wildman–Crippen MR) is 135 cm³/mol. The Hall–Kier alpha value is -2.00. The van der Waals surface area contributed by atoms with Crippen molar-refractivity contribution in [3.63, 3.8) is 0 Å². The van der Waals surface area contributed by atoms with Crippen molar-refractivity contribution < 1.29 is 98.8 Å². The van der Waals surface area contributed by atoms with Gasteiger partial charge in [0, 0.05) is 6.42 Å². The van der Waals surface area contributed by atoms with Crippen LogP contribution < -0.4 is 0 Å². The Balaban J connectivity index is 1.41. The summed E-state index contributed by atoms with van der Waals surface area (Å²) in [6, 6.07) is 0. The van der Waals surface area contributed by atoms with Crippen molar-refractivity contribution in [2.24, 2.45) is 35.5 Å². The van der Waals surface area contributed by atoms with Crippen LogP contribution in [0.5, 0.6) is 0 Å². The molecule has 1 N–H and O–H groups in total. The second-order valence-electron chi connectivity index (χ2n) is 13.4. The van der Waals surface area contributed by atoms with Gasteiger partial charge in [0.05, 0.1) is 29.9 Å². The SMILES string of the molecule is O=C(O)C1CCCCC1C(=O)OC1CC2C(C1Cl)[C@@H]1CC(OCCC(F)(F)C(F)(F)C(F)(F)C(F)(F)C(F)(F)C(F)(F)C(F)(F)C(F)(F)F)[C@H]2C1. The van der Waals surface area contributed by atoms with Crippen LogP contribution in [0.1, 0.15) is 51.4 Å². The molecule has 5 nitrogen and oxygen atoms in total. The Morgan fingerprint density at radius 3 is 1.63 bits per heavy atom. The van der Waals surface area contributed by atoms with Crippen LogP contribution in [0.25, 0.3) is 0 Å². The fraction of sp³-hybridized carbons (Fsp3) is 0.929. The van der Waals surface area contributed by atoms with E-state index in [1.54, 1.807) is 0 Å². The lowest BCUT2D eigenvalue weighted by Crippen LogP contribution is -2.74. The number of carbonyl (C=O) groups excluding carboxylic acids is 1. The van der Waals surface area contributed by atoms with Crippen molar-refractivity contribution in [3.05, 3.63) is 0 Å². The lowest BCUT2D eigenvalue weighted by Gasteiger charge is -2.42. The zero-order valence-corrected chi connectivity index (χ0v) is 26.2. The lowest BCUT2D eigenvalue weighted by atomic mass is 9.79. The first-order valence-corrected chi connectivity index (χ1v) is 15.7. The van der Waals surface area contributed by atoms with Gasteiger partial charge in [0.15, 0.2) is 0 Å². The van der Waals surface area contributed by atoms with Gasteiger partial charge < -0.3 is 14.6 Å². The number of hydrogen-bond donors (Lipinski definition) is 1. The van der Waals surface area contributed by atoms with E-state index in [2.05, 4.69) is 0 Å². The molecular formula is C28H28ClF17O5. The Bertz CT molecular complexity index is 1320. The topological polar surface area (TPSA) is 72.8 Å². The van der Waals surface area contributed by atoms with Crippen molar-refractivity contribution in [2.75, 3.05) is 6.61 Å². The first-order valence-electron chi connectivity index (χ1n) is 15.3. The molecule has 2 bridgehead atoms. The van der Waals surface area contributed by atoms with Gasteiger partial charge in [-0.25, -0.2) is 0 Å². The van der Waals surface area contributed by atoms with E-state index in [9.17, 15) is 89.3 Å². The molecule has 4 aliphatic rings. The van der Waals surface area contributed by atoms with Gasteiger partial charge in [0.25, 0.3) is 0 Å². The van der Waals surface area contributed by atoms with E-state index in [4.69, 9.17) is 21.1 Å². The molecule has 0 aliphatic heterocycles. The summed E-state index contributed by atoms with van der Waals surface area (Å²) in [7, 11) is 0. The fourth-order valence-electron chi connectivity index (χ4n) is 7.89. The third-order valence-electron chi connectivity index (χ3n) is 10.6. The summed E-state index contributed by atoms with van der Waals surface area (Å²) in [6.45, 7) is -1.67. The molecular weight excluding hydrogens is 775 g/mol. The van der Waals surface area contributed by atoms with Crippen LogP contribution in [0, 0.1) is 35.5 Å². The first kappa shape index (κ1) is 41.8. The highest BCUT2D eigenvalue weighted by molar-refractivity contribution is 6.21. The van der Waals surface area contributed by atoms with Crippen LogP contribution in [-0.4, -0.2) is 88.9 Å². The van der Waals surface area contributed by atoms with Gasteiger partial charge in [0.1, 0.15) is 6.10 Å². The number of rotatable bonds is 13. The number of fused-ring (bicyclic) bond motifs is 5. The fourth-order valence-corrected chi connectivity index (χ4v) is 8.43. The number of hydrogen-bond acceptors (Lipinski definition) is 4. The van der Waals surface area contributed by atoms with Crippen LogP contribution in [0.4, 0.5) is 74.6 Å². The number of carboxylic acid groups (broad SMARTS) is 1. The molecule has 296 valence electrons. The number of carboxylic acids is 1. The molecule has 9 atom stereocenters. The number of halogens is 18. The van der Waals surface area contributed by atoms with Gasteiger partial charge in [-0.05, 0) is 55.8 Å². The third-order valence-corrected chi connectivity index (χ3v) is 11.2. The molecule has 4 aliphatic carbocycles. The van der Waals surface area contributed by atoms with E-state index < -0.39 is 114 Å². The summed E-state index contributed by atoms with van der Waals surface area (Å²) >= 11 is 6.56. The maximum absolute atomic E-state index is 14.4. The second-order valence-corrected chi connectivity index (χ2v) is 13.9. The molecule has 0 radical (unpaired) electrons. The van der Waals surface area contributed by atoms with Gasteiger partial charge in [-0.15, -0.1) is 11.6 Å². The number of esters is 1. The summed E-state index contributed by atoms with van der Waals surface area (Å²) in [6.07, 6.45) is -10.5. The van der Waals surface area contributed by atoms with Crippen LogP contribution in [0.2, 0.25) is 0 Å². The standard InChI is InChI=1S/C28H28ClF17O5/c29-18-16(51-20(49)12-4-2-1-3-11(12)19(47)48)9-14-13-7-10(17(14)18)8-15(13)50-6-5-21(30,31)22(32,33)23(34,35)24(36,37)25(38,39)26(40,41)27(42,43)28(44,45)46/h10-18H,1-9H2,(H,47,48)/t10-,11?,12?,13-,14?,15?,16?,17?,18?/m0/s1. The summed E-state index contributed by atoms with van der Waals surface area (Å²) in [5.41, 5.74) is 0. The number of ether oxygens (including phenoxy) is 2. The molecule has 0 amide bonds. The third kappa shape index (κ3) is 6.30. The normalized spacial score (nSPS) is 32.6. The van der Waals surface area contributed by atoms with E-state index in [1.165, 1.54) is 0 Å². The van der Waals surface area contributed by atoms with Gasteiger partial charge in [0.2, 0.25) is 0 Å². The highest BCUT2D eigenvalue weighted by Gasteiger charge is 2.95. The van der Waals surface area contributed by atoms with Crippen LogP contribution >= 0.6 is 11.6 Å². The molecule has 23 heteroatoms. The smallest absolute Gasteiger partial charge is 0.460 e. The molecule has 4 fully saturated rings. The Morgan fingerprint density at radius 2 is 1.12 bits per heavy atom. The highest BCUT2D eigenvalue weighted by Crippen LogP contribution is 2.65. The molecule has 0 saturated heterocycles. The zero-order chi connectivity index (χ0) is 39.1. The average Bonchev–Trinajstić information content (AvgIpc) is 3.67. The number of carbonyl (C=O) groups is 2. The molecule has 0 heterocycles. The summed E-state index contributed by atoms with van der Waals surface area (Å²) < 4.78 is 241. The van der Waals surface area contributed by atoms with Gasteiger partial charge in [-0.2, -0.15) is 74.6 Å². The molecule has 4 saturated carbocycles. The molecule has 51 heavy (non-hydrogen) atoms. The maximum atomic E-state index is 14.4. The molecule has 0 aromatic heterocycles. The highest BCUT2D eigenvalue weighted by atomic mass is 35.5. The van der Waals surface area contributed by atoms with Crippen molar-refractivity contribution in [1.29, 1.82) is 0 Å². The summed E-state index contributed by atoms with van der Waals surface area (Å²) in [5.74, 6) is -62.4. The molecule has 0 aromatic carbocycles. The number of aliphatic carboxylic acids is 1. The minimum absolute atomic E-state index is 0.00957. The van der Waals surface area contributed by atoms with Gasteiger partial charge in [-0.3, -0.25) is 9.59 Å². The molecule has 0 spiro atoms. The largest absolute Gasteiger partial charge is 0.481 e. The van der Waals surface area contributed by atoms with Crippen molar-refractivity contribution in [3.8, 4) is 0 Å². The Labute approximate surface area is 281 Å². The van der Waals surface area contributed by atoms with Crippen molar-refractivity contribution >= 4 is 23.5 Å². The molecule has 0 aromatic rings. The number of alkyl halides is 18. The molecule has 4 rings (SSSR count). The minimum Gasteiger partial charge on any atom is -0.481 e. The van der Waals surface area contributed by atoms with E-state index in [1.807, 2.05) is 0 Å². The van der Waals surface area contributed by atoms with Crippen LogP contribution in [0.15, 0.2) is 0 Å². The van der Waals surface area contributed by atoms with E-state index in [-0.39, 0.29) is 37.5 Å². The Morgan fingerprint density at radius 1 is 0.627 bits per heavy atom. The second kappa shape index (κ2) is 13.1. The van der Waals surface area contributed by atoms with E-state index >= 15 is 0 Å². The van der Waals surface area contributed by atoms with Gasteiger partial charge in [-0.1, -0.05) is 12.8 Å². The Kier molecular flexibility index (Phi) is 10.7. The summed E-state index contributed by atoms with van der Waals surface area (Å²) in [5, 5.41) is 8.64. The monoisotopic (exact) mass is 802 g/mol. The lowest BCUT2D eigenvalue weighted by molar-refractivity contribution is -0.462. The van der Waals surface area contributed by atoms with Crippen molar-refractivity contribution in [1.82, 2.24) is 0 Å². The van der Waals surface area contributed by atoms with E-state index in [0.717, 1.165) is 0 Å². The maximum Gasteiger partial charge on any atom is 0.460 e. The average molecular weight is 803 g/mol. The van der Waals surface area contributed by atoms with Gasteiger partial charge >= 0.3 is 59.6 Å². The zero-order valence-electron chi connectivity index (χ0n) is 25.4. The minimum atomic E-state index is -8.68. The van der Waals surface area contributed by atoms with Crippen molar-refractivity contribution in [2.45, 2.75) is 117 Å². The first-order chi connectivity index (χ1) is 22.9. The van der Waals surface area contributed by atoms with Crippen LogP contribution in [0.3, 0.4) is 0 Å². The summed E-state index contributed by atoms with van der Waals surface area (Å²) in [4.78, 5) is 24.4. The quantitative estimate of drug-likeness (QED) is 0.115. The molecule has 7 unspecified atom stereocenters. The predicted octanol–water partition coefficient (Wildman–Crippen LogP) is 8.86. The van der Waals surface area contributed by atoms with Crippen LogP contribution in [-0.2, 0) is 19.1 Å².